The highest BCUT2D eigenvalue weighted by molar-refractivity contribution is 5.76. The van der Waals surface area contributed by atoms with Crippen LogP contribution in [0.4, 0.5) is 8.78 Å². The van der Waals surface area contributed by atoms with Crippen LogP contribution in [-0.4, -0.2) is 41.0 Å². The molecule has 0 unspecified atom stereocenters. The largest absolute Gasteiger partial charge is 0.441 e. The van der Waals surface area contributed by atoms with Crippen LogP contribution in [0.3, 0.4) is 0 Å². The Labute approximate surface area is 158 Å². The predicted octanol–water partition coefficient (Wildman–Crippen LogP) is 3.79. The van der Waals surface area contributed by atoms with Crippen LogP contribution in [0.25, 0.3) is 11.3 Å². The molecule has 7 heteroatoms. The summed E-state index contributed by atoms with van der Waals surface area (Å²) in [6.07, 6.45) is 1.74. The van der Waals surface area contributed by atoms with E-state index in [-0.39, 0.29) is 36.0 Å². The molecule has 0 spiro atoms. The van der Waals surface area contributed by atoms with Crippen molar-refractivity contribution >= 4 is 5.91 Å². The van der Waals surface area contributed by atoms with Crippen molar-refractivity contribution < 1.29 is 18.0 Å². The van der Waals surface area contributed by atoms with Crippen molar-refractivity contribution in [2.45, 2.75) is 52.6 Å². The Bertz CT molecular complexity index is 731. The number of oxazole rings is 1. The first-order chi connectivity index (χ1) is 12.8. The third-order valence-electron chi connectivity index (χ3n) is 4.35. The SMILES string of the molecule is CC(C)N(CCNC(=O)CCc1ncc(-c2c(F)cccc2F)o1)C(C)C. The standard InChI is InChI=1S/C20H27F2N3O2/c1-13(2)25(14(3)4)11-10-23-18(26)8-9-19-24-12-17(27-19)20-15(21)6-5-7-16(20)22/h5-7,12-14H,8-11H2,1-4H3,(H,23,26). The highest BCUT2D eigenvalue weighted by atomic mass is 19.1. The fraction of sp³-hybridized carbons (Fsp3) is 0.500. The number of aryl methyl sites for hydroxylation is 1. The molecule has 0 saturated carbocycles. The fourth-order valence-electron chi connectivity index (χ4n) is 3.02. The van der Waals surface area contributed by atoms with Crippen molar-refractivity contribution in [3.63, 3.8) is 0 Å². The first-order valence-corrected chi connectivity index (χ1v) is 9.21. The minimum atomic E-state index is -0.713. The van der Waals surface area contributed by atoms with Crippen LogP contribution in [-0.2, 0) is 11.2 Å². The lowest BCUT2D eigenvalue weighted by Crippen LogP contribution is -2.42. The third kappa shape index (κ3) is 5.85. The first kappa shape index (κ1) is 21.0. The van der Waals surface area contributed by atoms with E-state index in [9.17, 15) is 13.6 Å². The van der Waals surface area contributed by atoms with Crippen LogP contribution in [0.5, 0.6) is 0 Å². The molecule has 1 aromatic heterocycles. The Hall–Kier alpha value is -2.28. The molecule has 0 radical (unpaired) electrons. The molecule has 0 atom stereocenters. The lowest BCUT2D eigenvalue weighted by Gasteiger charge is -2.30. The first-order valence-electron chi connectivity index (χ1n) is 9.21. The van der Waals surface area contributed by atoms with Crippen LogP contribution < -0.4 is 5.32 Å². The zero-order valence-corrected chi connectivity index (χ0v) is 16.3. The topological polar surface area (TPSA) is 58.4 Å². The van der Waals surface area contributed by atoms with Gasteiger partial charge in [-0.15, -0.1) is 0 Å². The quantitative estimate of drug-likeness (QED) is 0.720. The summed E-state index contributed by atoms with van der Waals surface area (Å²) in [4.78, 5) is 18.3. The van der Waals surface area contributed by atoms with E-state index in [1.165, 1.54) is 12.3 Å². The minimum absolute atomic E-state index is 0.0190. The van der Waals surface area contributed by atoms with Gasteiger partial charge in [-0.2, -0.15) is 0 Å². The molecular formula is C20H27F2N3O2. The second kappa shape index (κ2) is 9.60. The molecule has 0 bridgehead atoms. The molecule has 0 saturated heterocycles. The molecule has 0 aliphatic rings. The summed E-state index contributed by atoms with van der Waals surface area (Å²) in [5.41, 5.74) is -0.247. The Morgan fingerprint density at radius 1 is 1.19 bits per heavy atom. The van der Waals surface area contributed by atoms with Gasteiger partial charge in [0, 0.05) is 38.0 Å². The van der Waals surface area contributed by atoms with Crippen molar-refractivity contribution in [3.05, 3.63) is 41.9 Å². The minimum Gasteiger partial charge on any atom is -0.441 e. The zero-order chi connectivity index (χ0) is 20.0. The normalized spacial score (nSPS) is 11.6. The molecule has 0 fully saturated rings. The second-order valence-corrected chi connectivity index (χ2v) is 6.99. The highest BCUT2D eigenvalue weighted by Crippen LogP contribution is 2.26. The average Bonchev–Trinajstić information content (AvgIpc) is 3.04. The zero-order valence-electron chi connectivity index (χ0n) is 16.3. The number of rotatable bonds is 9. The lowest BCUT2D eigenvalue weighted by atomic mass is 10.1. The lowest BCUT2D eigenvalue weighted by molar-refractivity contribution is -0.121. The number of nitrogens with one attached hydrogen (secondary N) is 1. The maximum Gasteiger partial charge on any atom is 0.220 e. The molecule has 148 valence electrons. The van der Waals surface area contributed by atoms with E-state index in [1.807, 2.05) is 0 Å². The number of aromatic nitrogens is 1. The van der Waals surface area contributed by atoms with E-state index in [4.69, 9.17) is 4.42 Å². The average molecular weight is 379 g/mol. The molecule has 5 nitrogen and oxygen atoms in total. The highest BCUT2D eigenvalue weighted by Gasteiger charge is 2.17. The van der Waals surface area contributed by atoms with E-state index >= 15 is 0 Å². The number of hydrogen-bond acceptors (Lipinski definition) is 4. The molecule has 0 aliphatic heterocycles. The summed E-state index contributed by atoms with van der Waals surface area (Å²) >= 11 is 0. The number of halogens is 2. The van der Waals surface area contributed by atoms with Gasteiger partial charge in [-0.3, -0.25) is 9.69 Å². The van der Waals surface area contributed by atoms with E-state index in [0.29, 0.717) is 18.6 Å². The molecular weight excluding hydrogens is 352 g/mol. The van der Waals surface area contributed by atoms with E-state index in [0.717, 1.165) is 18.7 Å². The Morgan fingerprint density at radius 3 is 2.41 bits per heavy atom. The number of hydrogen-bond donors (Lipinski definition) is 1. The molecule has 1 heterocycles. The van der Waals surface area contributed by atoms with Crippen molar-refractivity contribution in [1.29, 1.82) is 0 Å². The fourth-order valence-corrected chi connectivity index (χ4v) is 3.02. The number of carbonyl (C=O) groups excluding carboxylic acids is 1. The number of carbonyl (C=O) groups is 1. The number of nitrogens with zero attached hydrogens (tertiary/aromatic N) is 2. The summed E-state index contributed by atoms with van der Waals surface area (Å²) in [6.45, 7) is 9.84. The van der Waals surface area contributed by atoms with Gasteiger partial charge in [0.2, 0.25) is 5.91 Å². The van der Waals surface area contributed by atoms with Crippen LogP contribution in [0.15, 0.2) is 28.8 Å². The summed E-state index contributed by atoms with van der Waals surface area (Å²) < 4.78 is 33.0. The van der Waals surface area contributed by atoms with Crippen LogP contribution in [0, 0.1) is 11.6 Å². The number of benzene rings is 1. The number of amides is 1. The second-order valence-electron chi connectivity index (χ2n) is 6.99. The van der Waals surface area contributed by atoms with Gasteiger partial charge in [-0.1, -0.05) is 6.07 Å². The molecule has 1 aromatic carbocycles. The summed E-state index contributed by atoms with van der Waals surface area (Å²) in [7, 11) is 0. The van der Waals surface area contributed by atoms with Gasteiger partial charge in [0.25, 0.3) is 0 Å². The molecule has 0 aliphatic carbocycles. The summed E-state index contributed by atoms with van der Waals surface area (Å²) in [5, 5.41) is 2.88. The molecule has 2 rings (SSSR count). The van der Waals surface area contributed by atoms with Gasteiger partial charge in [0.15, 0.2) is 11.7 Å². The third-order valence-corrected chi connectivity index (χ3v) is 4.35. The molecule has 2 aromatic rings. The smallest absolute Gasteiger partial charge is 0.220 e. The maximum absolute atomic E-state index is 13.8. The Morgan fingerprint density at radius 2 is 1.81 bits per heavy atom. The van der Waals surface area contributed by atoms with E-state index < -0.39 is 11.6 Å². The predicted molar refractivity (Wildman–Crippen MR) is 100 cm³/mol. The Kier molecular flexibility index (Phi) is 7.47. The van der Waals surface area contributed by atoms with Crippen molar-refractivity contribution in [2.75, 3.05) is 13.1 Å². The van der Waals surface area contributed by atoms with Crippen molar-refractivity contribution in [2.24, 2.45) is 0 Å². The van der Waals surface area contributed by atoms with E-state index in [2.05, 4.69) is 42.9 Å². The molecule has 27 heavy (non-hydrogen) atoms. The monoisotopic (exact) mass is 379 g/mol. The van der Waals surface area contributed by atoms with E-state index in [1.54, 1.807) is 0 Å². The summed E-state index contributed by atoms with van der Waals surface area (Å²) in [6, 6.07) is 4.42. The van der Waals surface area contributed by atoms with Gasteiger partial charge in [-0.25, -0.2) is 13.8 Å². The summed E-state index contributed by atoms with van der Waals surface area (Å²) in [5.74, 6) is -1.25. The van der Waals surface area contributed by atoms with Gasteiger partial charge in [-0.05, 0) is 39.8 Å². The van der Waals surface area contributed by atoms with Crippen LogP contribution >= 0.6 is 0 Å². The maximum atomic E-state index is 13.8. The van der Waals surface area contributed by atoms with Crippen molar-refractivity contribution in [1.82, 2.24) is 15.2 Å². The van der Waals surface area contributed by atoms with Gasteiger partial charge >= 0.3 is 0 Å². The van der Waals surface area contributed by atoms with Gasteiger partial charge in [0.05, 0.1) is 11.8 Å². The van der Waals surface area contributed by atoms with Crippen LogP contribution in [0.1, 0.15) is 40.0 Å². The van der Waals surface area contributed by atoms with Crippen molar-refractivity contribution in [3.8, 4) is 11.3 Å². The van der Waals surface area contributed by atoms with Gasteiger partial charge < -0.3 is 9.73 Å². The van der Waals surface area contributed by atoms with Gasteiger partial charge in [0.1, 0.15) is 11.6 Å². The van der Waals surface area contributed by atoms with Crippen LogP contribution in [0.2, 0.25) is 0 Å². The Balaban J connectivity index is 1.84. The molecule has 1 N–H and O–H groups in total. The molecule has 1 amide bonds.